The number of nitriles is 3. The Morgan fingerprint density at radius 2 is 0.636 bits per heavy atom. The van der Waals surface area contributed by atoms with Gasteiger partial charge in [-0.15, -0.1) is 0 Å². The van der Waals surface area contributed by atoms with E-state index in [0.717, 1.165) is 127 Å². The summed E-state index contributed by atoms with van der Waals surface area (Å²) in [6.45, 7) is 7.83. The van der Waals surface area contributed by atoms with Gasteiger partial charge in [0, 0.05) is 43.8 Å². The Balaban J connectivity index is 0.994. The minimum atomic E-state index is 0.479. The van der Waals surface area contributed by atoms with Crippen LogP contribution in [0.5, 0.6) is 0 Å². The zero-order valence-corrected chi connectivity index (χ0v) is 47.0. The molecule has 0 saturated heterocycles. The Morgan fingerprint density at radius 3 is 1.07 bits per heavy atom. The predicted octanol–water partition coefficient (Wildman–Crippen LogP) is 19.6. The summed E-state index contributed by atoms with van der Waals surface area (Å²) in [4.78, 5) is 19.8. The number of rotatable bonds is 10. The fourth-order valence-electron chi connectivity index (χ4n) is 12.3. The topological polar surface area (TPSA) is 124 Å². The third-order valence-electron chi connectivity index (χ3n) is 16.4. The number of fused-ring (bicyclic) bond motifs is 6. The van der Waals surface area contributed by atoms with Gasteiger partial charge in [-0.1, -0.05) is 164 Å². The van der Waals surface area contributed by atoms with Crippen molar-refractivity contribution in [2.45, 2.75) is 0 Å². The lowest BCUT2D eigenvalue weighted by Crippen LogP contribution is -2.04. The summed E-state index contributed by atoms with van der Waals surface area (Å²) in [6, 6.07) is 98.9. The maximum atomic E-state index is 9.97. The van der Waals surface area contributed by atoms with Gasteiger partial charge in [-0.05, 0) is 159 Å². The van der Waals surface area contributed by atoms with E-state index in [9.17, 15) is 15.8 Å². The van der Waals surface area contributed by atoms with Crippen LogP contribution in [0.3, 0.4) is 0 Å². The van der Waals surface area contributed by atoms with Crippen molar-refractivity contribution in [3.05, 3.63) is 301 Å². The third-order valence-corrected chi connectivity index (χ3v) is 16.4. The summed E-state index contributed by atoms with van der Waals surface area (Å²) in [7, 11) is 0. The second kappa shape index (κ2) is 21.8. The van der Waals surface area contributed by atoms with Crippen LogP contribution in [0, 0.1) is 40.6 Å². The fourth-order valence-corrected chi connectivity index (χ4v) is 12.3. The van der Waals surface area contributed by atoms with Crippen LogP contribution in [0.1, 0.15) is 16.7 Å². The van der Waals surface area contributed by atoms with Gasteiger partial charge in [-0.3, -0.25) is 0 Å². The van der Waals surface area contributed by atoms with Gasteiger partial charge in [0.15, 0.2) is 23.2 Å². The van der Waals surface area contributed by atoms with E-state index in [1.165, 1.54) is 0 Å². The molecule has 88 heavy (non-hydrogen) atoms. The van der Waals surface area contributed by atoms with Crippen molar-refractivity contribution in [1.29, 1.82) is 15.8 Å². The molecule has 0 amide bonds. The Hall–Kier alpha value is -12.8. The summed E-state index contributed by atoms with van der Waals surface area (Å²) in [5.74, 6) is 1.54. The summed E-state index contributed by atoms with van der Waals surface area (Å²) >= 11 is 0. The zero-order chi connectivity index (χ0) is 59.2. The molecule has 0 fully saturated rings. The molecule has 0 spiro atoms. The minimum absolute atomic E-state index is 0.479. The van der Waals surface area contributed by atoms with E-state index in [0.29, 0.717) is 39.9 Å². The lowest BCUT2D eigenvalue weighted by molar-refractivity contribution is 1.06. The van der Waals surface area contributed by atoms with Gasteiger partial charge in [-0.25, -0.2) is 19.8 Å². The van der Waals surface area contributed by atoms with Crippen LogP contribution in [-0.4, -0.2) is 24.1 Å². The van der Waals surface area contributed by atoms with Gasteiger partial charge in [0.1, 0.15) is 0 Å². The lowest BCUT2D eigenvalue weighted by atomic mass is 9.98. The molecule has 0 N–H and O–H groups in total. The quantitative estimate of drug-likeness (QED) is 0.126. The normalized spacial score (nSPS) is 11.1. The second-order valence-corrected chi connectivity index (χ2v) is 21.6. The highest BCUT2D eigenvalue weighted by atomic mass is 15.1. The van der Waals surface area contributed by atoms with Crippen molar-refractivity contribution in [2.24, 2.45) is 0 Å². The fraction of sp³-hybridized carbons (Fsp3) is 0. The summed E-state index contributed by atoms with van der Waals surface area (Å²) in [5, 5.41) is 33.8. The highest BCUT2D eigenvalue weighted by Crippen LogP contribution is 2.44. The van der Waals surface area contributed by atoms with Crippen LogP contribution in [0.4, 0.5) is 5.69 Å². The Labute approximate surface area is 506 Å². The average molecular weight is 1120 g/mol. The molecule has 15 rings (SSSR count). The number of para-hydroxylation sites is 1. The first-order chi connectivity index (χ1) is 43.4. The molecule has 406 valence electrons. The number of benzene rings is 12. The predicted molar refractivity (Wildman–Crippen MR) is 352 cm³/mol. The molecule has 0 unspecified atom stereocenters. The van der Waals surface area contributed by atoms with Crippen molar-refractivity contribution in [1.82, 2.24) is 24.1 Å². The molecule has 12 aromatic carbocycles. The van der Waals surface area contributed by atoms with Crippen molar-refractivity contribution in [3.8, 4) is 119 Å². The smallest absolute Gasteiger partial charge is 0.187 e. The first-order valence-electron chi connectivity index (χ1n) is 28.7. The molecular weight excluding hydrogens is 1070 g/mol. The summed E-state index contributed by atoms with van der Waals surface area (Å²) < 4.78 is 4.64. The van der Waals surface area contributed by atoms with Crippen LogP contribution >= 0.6 is 0 Å². The van der Waals surface area contributed by atoms with Crippen LogP contribution in [0.2, 0.25) is 0 Å². The molecule has 9 heteroatoms. The zero-order valence-electron chi connectivity index (χ0n) is 47.0. The van der Waals surface area contributed by atoms with Crippen LogP contribution in [0.25, 0.3) is 150 Å². The molecule has 3 aromatic heterocycles. The molecule has 0 bridgehead atoms. The van der Waals surface area contributed by atoms with E-state index in [1.807, 2.05) is 158 Å². The van der Waals surface area contributed by atoms with Crippen LogP contribution in [-0.2, 0) is 0 Å². The monoisotopic (exact) mass is 1120 g/mol. The van der Waals surface area contributed by atoms with Gasteiger partial charge in [0.2, 0.25) is 0 Å². The van der Waals surface area contributed by atoms with E-state index >= 15 is 0 Å². The molecule has 0 saturated carbocycles. The molecule has 0 atom stereocenters. The van der Waals surface area contributed by atoms with Gasteiger partial charge in [0.25, 0.3) is 0 Å². The van der Waals surface area contributed by atoms with Crippen LogP contribution in [0.15, 0.2) is 273 Å². The number of hydrogen-bond donors (Lipinski definition) is 0. The molecule has 9 nitrogen and oxygen atoms in total. The summed E-state index contributed by atoms with van der Waals surface area (Å²) in [6.07, 6.45) is 0. The number of nitrogens with zero attached hydrogens (tertiary/aromatic N) is 9. The molecule has 15 aromatic rings. The minimum Gasteiger partial charge on any atom is -0.309 e. The van der Waals surface area contributed by atoms with Crippen molar-refractivity contribution in [3.63, 3.8) is 0 Å². The van der Waals surface area contributed by atoms with E-state index in [-0.39, 0.29) is 0 Å². The van der Waals surface area contributed by atoms with Gasteiger partial charge in [0.05, 0.1) is 74.9 Å². The van der Waals surface area contributed by atoms with Gasteiger partial charge >= 0.3 is 0 Å². The van der Waals surface area contributed by atoms with E-state index in [4.69, 9.17) is 21.5 Å². The molecule has 3 heterocycles. The SMILES string of the molecule is [C-]#[N+]c1cccc(-c2ccc3c(c2)c2cc(-c4cccc(C#N)c4)ccc2n3-c2ccc(-c3ccccc3-n3c4ccc(-c5cccc(C#N)c5)cc4c4cc(-c5cccc(C#N)c5)ccc43)cc2-c2nc(-c3ccccc3)nc(-c3ccccc3)n2)c1. The van der Waals surface area contributed by atoms with Gasteiger partial charge in [-0.2, -0.15) is 15.8 Å². The number of hydrogen-bond acceptors (Lipinski definition) is 6. The van der Waals surface area contributed by atoms with Crippen molar-refractivity contribution < 1.29 is 0 Å². The highest BCUT2D eigenvalue weighted by Gasteiger charge is 2.24. The molecule has 0 aliphatic heterocycles. The maximum absolute atomic E-state index is 9.97. The Kier molecular flexibility index (Phi) is 12.9. The van der Waals surface area contributed by atoms with Gasteiger partial charge < -0.3 is 9.13 Å². The second-order valence-electron chi connectivity index (χ2n) is 21.6. The standard InChI is InChI=1S/C79H45N9/c1-83-64-25-13-24-58(41-64)62-31-36-75-69(45-62)68-44-61(57-23-12-16-52(40-57)49-82)30-35-74(68)88(75)76-37-32-63(46-70(76)79-85-77(53-17-4-2-5-18-53)84-78(86-79)54-19-6-3-7-20-54)65-26-8-9-27-71(65)87-72-33-28-59(55-21-10-14-50(38-55)47-80)42-66(72)67-43-60(29-34-73(67)87)56-22-11-15-51(39-56)48-81/h2-46H. The lowest BCUT2D eigenvalue weighted by Gasteiger charge is -2.18. The van der Waals surface area contributed by atoms with Crippen molar-refractivity contribution in [2.75, 3.05) is 0 Å². The van der Waals surface area contributed by atoms with E-state index < -0.39 is 0 Å². The first kappa shape index (κ1) is 52.0. The highest BCUT2D eigenvalue weighted by molar-refractivity contribution is 6.14. The summed E-state index contributed by atoms with van der Waals surface area (Å²) in [5.41, 5.74) is 20.0. The maximum Gasteiger partial charge on any atom is 0.187 e. The Bertz CT molecular complexity index is 5230. The average Bonchev–Trinajstić information content (AvgIpc) is 2.46. The van der Waals surface area contributed by atoms with Crippen molar-refractivity contribution >= 4 is 49.3 Å². The third kappa shape index (κ3) is 9.24. The largest absolute Gasteiger partial charge is 0.309 e. The molecular formula is C79H45N9. The van der Waals surface area contributed by atoms with E-state index in [1.54, 1.807) is 0 Å². The Morgan fingerprint density at radius 1 is 0.284 bits per heavy atom. The molecule has 0 aliphatic rings. The van der Waals surface area contributed by atoms with Crippen LogP contribution < -0.4 is 0 Å². The number of aromatic nitrogens is 5. The first-order valence-corrected chi connectivity index (χ1v) is 28.7. The van der Waals surface area contributed by atoms with E-state index in [2.05, 4.69) is 147 Å². The molecule has 0 aliphatic carbocycles. The molecule has 0 radical (unpaired) electrons.